The standard InChI is InChI=1S/C21H28N2O4.C2H6/c1-15(24)17-11-16-12-20(19(25-2)13-18(16)22-17)27-10-8-23-6-3-21(4-7-23)5-9-26-14-21;1-2/h11-13,22H,3-10,14H2,1-2H3;1-2H3. The highest BCUT2D eigenvalue weighted by Gasteiger charge is 2.37. The number of piperidine rings is 1. The van der Waals surface area contributed by atoms with Gasteiger partial charge in [-0.3, -0.25) is 9.69 Å². The molecule has 0 radical (unpaired) electrons. The summed E-state index contributed by atoms with van der Waals surface area (Å²) >= 11 is 0. The molecule has 4 rings (SSSR count). The lowest BCUT2D eigenvalue weighted by atomic mass is 9.78. The first-order valence-corrected chi connectivity index (χ1v) is 10.7. The molecule has 6 heteroatoms. The Kier molecular flexibility index (Phi) is 7.19. The first kappa shape index (κ1) is 21.7. The minimum Gasteiger partial charge on any atom is -0.493 e. The zero-order valence-corrected chi connectivity index (χ0v) is 18.2. The summed E-state index contributed by atoms with van der Waals surface area (Å²) in [4.78, 5) is 17.2. The third-order valence-electron chi connectivity index (χ3n) is 6.05. The van der Waals surface area contributed by atoms with Gasteiger partial charge in [-0.05, 0) is 49.9 Å². The molecule has 3 heterocycles. The van der Waals surface area contributed by atoms with Crippen molar-refractivity contribution >= 4 is 16.7 Å². The highest BCUT2D eigenvalue weighted by Crippen LogP contribution is 2.39. The SMILES string of the molecule is CC.COc1cc2[nH]c(C(C)=O)cc2cc1OCCN1CCC2(CCOC2)CC1. The lowest BCUT2D eigenvalue weighted by Crippen LogP contribution is -2.42. The molecule has 1 N–H and O–H groups in total. The molecule has 2 saturated heterocycles. The lowest BCUT2D eigenvalue weighted by Gasteiger charge is -2.38. The minimum atomic E-state index is 0.0168. The van der Waals surface area contributed by atoms with Gasteiger partial charge >= 0.3 is 0 Å². The van der Waals surface area contributed by atoms with E-state index < -0.39 is 0 Å². The van der Waals surface area contributed by atoms with E-state index in [1.54, 1.807) is 14.0 Å². The number of ether oxygens (including phenoxy) is 3. The van der Waals surface area contributed by atoms with Gasteiger partial charge in [0.15, 0.2) is 17.3 Å². The average Bonchev–Trinajstić information content (AvgIpc) is 3.37. The Morgan fingerprint density at radius 2 is 1.93 bits per heavy atom. The van der Waals surface area contributed by atoms with Crippen molar-refractivity contribution in [2.75, 3.05) is 46.6 Å². The largest absolute Gasteiger partial charge is 0.493 e. The van der Waals surface area contributed by atoms with Crippen LogP contribution in [-0.4, -0.2) is 62.2 Å². The van der Waals surface area contributed by atoms with Crippen LogP contribution in [0, 0.1) is 5.41 Å². The summed E-state index contributed by atoms with van der Waals surface area (Å²) in [5, 5.41) is 0.956. The molecule has 0 amide bonds. The minimum absolute atomic E-state index is 0.0168. The molecule has 0 saturated carbocycles. The summed E-state index contributed by atoms with van der Waals surface area (Å²) in [5.41, 5.74) is 1.92. The third kappa shape index (κ3) is 4.93. The van der Waals surface area contributed by atoms with E-state index in [0.29, 0.717) is 23.5 Å². The number of aromatic nitrogens is 1. The Hall–Kier alpha value is -2.05. The van der Waals surface area contributed by atoms with E-state index in [1.807, 2.05) is 32.0 Å². The van der Waals surface area contributed by atoms with Crippen LogP contribution in [0.3, 0.4) is 0 Å². The molecule has 0 unspecified atom stereocenters. The van der Waals surface area contributed by atoms with E-state index in [-0.39, 0.29) is 5.78 Å². The number of benzene rings is 1. The molecular formula is C23H34N2O4. The van der Waals surface area contributed by atoms with Gasteiger partial charge in [-0.1, -0.05) is 13.8 Å². The van der Waals surface area contributed by atoms with Gasteiger partial charge in [0.1, 0.15) is 6.61 Å². The number of likely N-dealkylation sites (tertiary alicyclic amines) is 1. The predicted octanol–water partition coefficient (Wildman–Crippen LogP) is 4.29. The molecule has 2 fully saturated rings. The van der Waals surface area contributed by atoms with E-state index in [2.05, 4.69) is 9.88 Å². The van der Waals surface area contributed by atoms with Crippen LogP contribution in [0.1, 0.15) is 50.5 Å². The van der Waals surface area contributed by atoms with Crippen LogP contribution in [0.2, 0.25) is 0 Å². The molecule has 1 aromatic carbocycles. The molecule has 2 aromatic rings. The number of nitrogens with one attached hydrogen (secondary N) is 1. The van der Waals surface area contributed by atoms with Crippen molar-refractivity contribution in [1.82, 2.24) is 9.88 Å². The second-order valence-corrected chi connectivity index (χ2v) is 7.82. The average molecular weight is 403 g/mol. The Bertz CT molecular complexity index is 814. The van der Waals surface area contributed by atoms with E-state index in [1.165, 1.54) is 19.3 Å². The number of aromatic amines is 1. The number of fused-ring (bicyclic) bond motifs is 1. The smallest absolute Gasteiger partial charge is 0.175 e. The second-order valence-electron chi connectivity index (χ2n) is 7.82. The number of hydrogen-bond donors (Lipinski definition) is 1. The highest BCUT2D eigenvalue weighted by molar-refractivity contribution is 5.98. The maximum Gasteiger partial charge on any atom is 0.175 e. The van der Waals surface area contributed by atoms with Gasteiger partial charge in [0.2, 0.25) is 0 Å². The lowest BCUT2D eigenvalue weighted by molar-refractivity contribution is 0.0735. The van der Waals surface area contributed by atoms with Crippen molar-refractivity contribution in [3.8, 4) is 11.5 Å². The van der Waals surface area contributed by atoms with Crippen LogP contribution in [0.25, 0.3) is 10.9 Å². The molecule has 29 heavy (non-hydrogen) atoms. The Balaban J connectivity index is 0.00000117. The van der Waals surface area contributed by atoms with Gasteiger partial charge in [0.05, 0.1) is 19.4 Å². The number of H-pyrrole nitrogens is 1. The molecule has 0 bridgehead atoms. The maximum absolute atomic E-state index is 11.6. The van der Waals surface area contributed by atoms with Crippen LogP contribution in [-0.2, 0) is 4.74 Å². The third-order valence-corrected chi connectivity index (χ3v) is 6.05. The van der Waals surface area contributed by atoms with Gasteiger partial charge in [0.25, 0.3) is 0 Å². The van der Waals surface area contributed by atoms with E-state index in [4.69, 9.17) is 14.2 Å². The fraction of sp³-hybridized carbons (Fsp3) is 0.609. The van der Waals surface area contributed by atoms with Gasteiger partial charge in [-0.2, -0.15) is 0 Å². The van der Waals surface area contributed by atoms with Gasteiger partial charge in [-0.15, -0.1) is 0 Å². The monoisotopic (exact) mass is 402 g/mol. The molecule has 2 aliphatic rings. The summed E-state index contributed by atoms with van der Waals surface area (Å²) in [6.07, 6.45) is 3.66. The van der Waals surface area contributed by atoms with Crippen LogP contribution in [0.4, 0.5) is 0 Å². The topological polar surface area (TPSA) is 63.8 Å². The summed E-state index contributed by atoms with van der Waals surface area (Å²) in [6.45, 7) is 11.2. The molecule has 6 nitrogen and oxygen atoms in total. The van der Waals surface area contributed by atoms with E-state index in [9.17, 15) is 4.79 Å². The zero-order valence-electron chi connectivity index (χ0n) is 18.2. The van der Waals surface area contributed by atoms with Crippen molar-refractivity contribution < 1.29 is 19.0 Å². The Morgan fingerprint density at radius 3 is 2.55 bits per heavy atom. The quantitative estimate of drug-likeness (QED) is 0.731. The number of carbonyl (C=O) groups is 1. The van der Waals surface area contributed by atoms with E-state index in [0.717, 1.165) is 49.5 Å². The van der Waals surface area contributed by atoms with Gasteiger partial charge in [0, 0.05) is 37.0 Å². The molecule has 1 aromatic heterocycles. The fourth-order valence-electron chi connectivity index (χ4n) is 4.18. The van der Waals surface area contributed by atoms with Crippen LogP contribution >= 0.6 is 0 Å². The Morgan fingerprint density at radius 1 is 1.17 bits per heavy atom. The summed E-state index contributed by atoms with van der Waals surface area (Å²) < 4.78 is 17.1. The van der Waals surface area contributed by atoms with Crippen molar-refractivity contribution in [2.24, 2.45) is 5.41 Å². The number of ketones is 1. The number of nitrogens with zero attached hydrogens (tertiary/aromatic N) is 1. The van der Waals surface area contributed by atoms with Crippen molar-refractivity contribution in [3.05, 3.63) is 23.9 Å². The number of Topliss-reactive ketones (excluding diaryl/α,β-unsaturated/α-hetero) is 1. The van der Waals surface area contributed by atoms with Crippen LogP contribution in [0.5, 0.6) is 11.5 Å². The number of hydrogen-bond acceptors (Lipinski definition) is 5. The highest BCUT2D eigenvalue weighted by atomic mass is 16.5. The Labute approximate surface area is 173 Å². The van der Waals surface area contributed by atoms with Crippen molar-refractivity contribution in [2.45, 2.75) is 40.0 Å². The van der Waals surface area contributed by atoms with E-state index >= 15 is 0 Å². The maximum atomic E-state index is 11.6. The predicted molar refractivity (Wildman–Crippen MR) is 115 cm³/mol. The fourth-order valence-corrected chi connectivity index (χ4v) is 4.18. The summed E-state index contributed by atoms with van der Waals surface area (Å²) in [6, 6.07) is 5.69. The molecule has 160 valence electrons. The molecule has 1 spiro atoms. The van der Waals surface area contributed by atoms with Crippen LogP contribution in [0.15, 0.2) is 18.2 Å². The van der Waals surface area contributed by atoms with Gasteiger partial charge in [-0.25, -0.2) is 0 Å². The zero-order chi connectivity index (χ0) is 20.9. The normalized spacial score (nSPS) is 18.5. The van der Waals surface area contributed by atoms with Crippen LogP contribution < -0.4 is 9.47 Å². The number of methoxy groups -OCH3 is 1. The number of carbonyl (C=O) groups excluding carboxylic acids is 1. The number of rotatable bonds is 6. The molecular weight excluding hydrogens is 368 g/mol. The summed E-state index contributed by atoms with van der Waals surface area (Å²) in [7, 11) is 1.64. The second kappa shape index (κ2) is 9.63. The first-order chi connectivity index (χ1) is 14.1. The molecule has 0 atom stereocenters. The van der Waals surface area contributed by atoms with Crippen molar-refractivity contribution in [1.29, 1.82) is 0 Å². The first-order valence-electron chi connectivity index (χ1n) is 10.7. The van der Waals surface area contributed by atoms with Crippen molar-refractivity contribution in [3.63, 3.8) is 0 Å². The molecule has 2 aliphatic heterocycles. The summed E-state index contributed by atoms with van der Waals surface area (Å²) in [5.74, 6) is 1.42. The van der Waals surface area contributed by atoms with Gasteiger partial charge < -0.3 is 19.2 Å². The molecule has 0 aliphatic carbocycles.